The maximum Gasteiger partial charge on any atom is 0.344 e. The topological polar surface area (TPSA) is 61.3 Å². The van der Waals surface area contributed by atoms with Crippen molar-refractivity contribution in [1.29, 1.82) is 0 Å². The molecular formula is C16H20N2O3S. The number of aryl methyl sites for hydroxylation is 1. The number of ether oxygens (including phenoxy) is 2. The Balaban J connectivity index is 1.85. The first-order valence-corrected chi connectivity index (χ1v) is 8.43. The molecule has 0 amide bonds. The molecule has 0 saturated carbocycles. The summed E-state index contributed by atoms with van der Waals surface area (Å²) in [5, 5.41) is 0.978. The summed E-state index contributed by atoms with van der Waals surface area (Å²) in [6.07, 6.45) is 4.64. The normalized spacial score (nSPS) is 17.5. The summed E-state index contributed by atoms with van der Waals surface area (Å²) in [5.41, 5.74) is 1.30. The third kappa shape index (κ3) is 3.06. The van der Waals surface area contributed by atoms with Gasteiger partial charge in [0, 0.05) is 4.88 Å². The van der Waals surface area contributed by atoms with Crippen LogP contribution in [-0.2, 0) is 22.4 Å². The molecule has 0 aromatic carbocycles. The van der Waals surface area contributed by atoms with Crippen molar-refractivity contribution in [2.75, 3.05) is 6.61 Å². The van der Waals surface area contributed by atoms with Gasteiger partial charge in [0.25, 0.3) is 0 Å². The van der Waals surface area contributed by atoms with Gasteiger partial charge in [0.05, 0.1) is 11.5 Å². The molecule has 2 aromatic rings. The Morgan fingerprint density at radius 2 is 2.27 bits per heavy atom. The molecule has 5 nitrogen and oxygen atoms in total. The van der Waals surface area contributed by atoms with E-state index in [2.05, 4.69) is 16.9 Å². The summed E-state index contributed by atoms with van der Waals surface area (Å²) in [6, 6.07) is 0. The van der Waals surface area contributed by atoms with Crippen molar-refractivity contribution in [2.45, 2.75) is 46.1 Å². The standard InChI is InChI=1S/C16H20N2O3S/c1-9(2)21-13(19)7-20-15-14-11-5-4-10(3)6-12(11)22-16(14)18-8-17-15/h8-10H,4-7H2,1-3H3. The number of carbonyl (C=O) groups is 1. The number of fused-ring (bicyclic) bond motifs is 3. The fraction of sp³-hybridized carbons (Fsp3) is 0.562. The van der Waals surface area contributed by atoms with Crippen molar-refractivity contribution in [3.8, 4) is 5.88 Å². The van der Waals surface area contributed by atoms with E-state index in [0.717, 1.165) is 23.1 Å². The second-order valence-electron chi connectivity index (χ2n) is 6.04. The first kappa shape index (κ1) is 15.2. The average Bonchev–Trinajstić information content (AvgIpc) is 2.82. The predicted molar refractivity (Wildman–Crippen MR) is 85.3 cm³/mol. The number of hydrogen-bond donors (Lipinski definition) is 0. The molecule has 0 saturated heterocycles. The van der Waals surface area contributed by atoms with Crippen molar-refractivity contribution >= 4 is 27.5 Å². The Hall–Kier alpha value is -1.69. The van der Waals surface area contributed by atoms with Crippen molar-refractivity contribution in [1.82, 2.24) is 9.97 Å². The number of esters is 1. The van der Waals surface area contributed by atoms with Gasteiger partial charge in [0.1, 0.15) is 11.2 Å². The highest BCUT2D eigenvalue weighted by Crippen LogP contribution is 2.40. The number of thiophene rings is 1. The van der Waals surface area contributed by atoms with E-state index in [9.17, 15) is 4.79 Å². The molecule has 0 N–H and O–H groups in total. The van der Waals surface area contributed by atoms with Crippen LogP contribution in [0.3, 0.4) is 0 Å². The molecular weight excluding hydrogens is 300 g/mol. The molecule has 0 aliphatic heterocycles. The van der Waals surface area contributed by atoms with Crippen molar-refractivity contribution in [3.63, 3.8) is 0 Å². The van der Waals surface area contributed by atoms with Gasteiger partial charge in [0.2, 0.25) is 5.88 Å². The first-order chi connectivity index (χ1) is 10.5. The molecule has 118 valence electrons. The lowest BCUT2D eigenvalue weighted by atomic mass is 9.89. The number of nitrogens with zero attached hydrogens (tertiary/aromatic N) is 2. The lowest BCUT2D eigenvalue weighted by molar-refractivity contribution is -0.149. The van der Waals surface area contributed by atoms with Crippen LogP contribution < -0.4 is 4.74 Å². The van der Waals surface area contributed by atoms with Crippen LogP contribution in [0.25, 0.3) is 10.2 Å². The van der Waals surface area contributed by atoms with Gasteiger partial charge < -0.3 is 9.47 Å². The third-order valence-corrected chi connectivity index (χ3v) is 4.91. The molecule has 1 aliphatic carbocycles. The van der Waals surface area contributed by atoms with E-state index in [-0.39, 0.29) is 18.7 Å². The van der Waals surface area contributed by atoms with Gasteiger partial charge in [0.15, 0.2) is 6.61 Å². The first-order valence-electron chi connectivity index (χ1n) is 7.62. The van der Waals surface area contributed by atoms with Crippen LogP contribution in [0.5, 0.6) is 5.88 Å². The van der Waals surface area contributed by atoms with Gasteiger partial charge in [-0.05, 0) is 44.6 Å². The molecule has 0 radical (unpaired) electrons. The molecule has 3 rings (SSSR count). The highest BCUT2D eigenvalue weighted by molar-refractivity contribution is 7.18. The van der Waals surface area contributed by atoms with Gasteiger partial charge >= 0.3 is 5.97 Å². The van der Waals surface area contributed by atoms with Crippen LogP contribution in [0.15, 0.2) is 6.33 Å². The Labute approximate surface area is 133 Å². The molecule has 0 bridgehead atoms. The Kier molecular flexibility index (Phi) is 4.29. The van der Waals surface area contributed by atoms with Gasteiger partial charge in [-0.1, -0.05) is 6.92 Å². The Morgan fingerprint density at radius 1 is 1.45 bits per heavy atom. The largest absolute Gasteiger partial charge is 0.465 e. The van der Waals surface area contributed by atoms with E-state index >= 15 is 0 Å². The molecule has 1 aliphatic rings. The van der Waals surface area contributed by atoms with E-state index in [4.69, 9.17) is 9.47 Å². The predicted octanol–water partition coefficient (Wildman–Crippen LogP) is 3.15. The number of carbonyl (C=O) groups excluding carboxylic acids is 1. The summed E-state index contributed by atoms with van der Waals surface area (Å²) in [5.74, 6) is 0.830. The van der Waals surface area contributed by atoms with Crippen molar-refractivity contribution in [2.24, 2.45) is 5.92 Å². The van der Waals surface area contributed by atoms with Gasteiger partial charge in [-0.25, -0.2) is 14.8 Å². The second kappa shape index (κ2) is 6.20. The quantitative estimate of drug-likeness (QED) is 0.810. The fourth-order valence-electron chi connectivity index (χ4n) is 2.78. The van der Waals surface area contributed by atoms with E-state index < -0.39 is 0 Å². The van der Waals surface area contributed by atoms with Gasteiger partial charge in [-0.2, -0.15) is 0 Å². The number of rotatable bonds is 4. The van der Waals surface area contributed by atoms with Crippen LogP contribution >= 0.6 is 11.3 Å². The van der Waals surface area contributed by atoms with Crippen LogP contribution in [0.4, 0.5) is 0 Å². The summed E-state index contributed by atoms with van der Waals surface area (Å²) in [7, 11) is 0. The third-order valence-electron chi connectivity index (χ3n) is 3.75. The highest BCUT2D eigenvalue weighted by atomic mass is 32.1. The number of aromatic nitrogens is 2. The fourth-order valence-corrected chi connectivity index (χ4v) is 4.12. The molecule has 0 spiro atoms. The van der Waals surface area contributed by atoms with Crippen LogP contribution in [0.2, 0.25) is 0 Å². The summed E-state index contributed by atoms with van der Waals surface area (Å²) < 4.78 is 10.7. The summed E-state index contributed by atoms with van der Waals surface area (Å²) in [4.78, 5) is 22.6. The van der Waals surface area contributed by atoms with Crippen LogP contribution in [0.1, 0.15) is 37.6 Å². The zero-order valence-corrected chi connectivity index (χ0v) is 13.9. The average molecular weight is 320 g/mol. The Morgan fingerprint density at radius 3 is 3.05 bits per heavy atom. The maximum atomic E-state index is 11.6. The summed E-state index contributed by atoms with van der Waals surface area (Å²) >= 11 is 1.72. The summed E-state index contributed by atoms with van der Waals surface area (Å²) in [6.45, 7) is 5.79. The van der Waals surface area contributed by atoms with Crippen molar-refractivity contribution < 1.29 is 14.3 Å². The lowest BCUT2D eigenvalue weighted by Gasteiger charge is -2.18. The minimum Gasteiger partial charge on any atom is -0.465 e. The monoisotopic (exact) mass is 320 g/mol. The molecule has 6 heteroatoms. The second-order valence-corrected chi connectivity index (χ2v) is 7.12. The Bertz CT molecular complexity index is 696. The lowest BCUT2D eigenvalue weighted by Crippen LogP contribution is -2.19. The zero-order valence-electron chi connectivity index (χ0n) is 13.1. The van der Waals surface area contributed by atoms with E-state index in [1.165, 1.54) is 23.2 Å². The highest BCUT2D eigenvalue weighted by Gasteiger charge is 2.24. The molecule has 1 atom stereocenters. The van der Waals surface area contributed by atoms with E-state index in [0.29, 0.717) is 11.8 Å². The minimum absolute atomic E-state index is 0.120. The van der Waals surface area contributed by atoms with Gasteiger partial charge in [-0.15, -0.1) is 11.3 Å². The minimum atomic E-state index is -0.375. The number of hydrogen-bond acceptors (Lipinski definition) is 6. The van der Waals surface area contributed by atoms with Crippen LogP contribution in [-0.4, -0.2) is 28.6 Å². The van der Waals surface area contributed by atoms with E-state index in [1.807, 2.05) is 13.8 Å². The van der Waals surface area contributed by atoms with Crippen molar-refractivity contribution in [3.05, 3.63) is 16.8 Å². The molecule has 0 fully saturated rings. The molecule has 2 heterocycles. The smallest absolute Gasteiger partial charge is 0.344 e. The van der Waals surface area contributed by atoms with E-state index in [1.54, 1.807) is 11.3 Å². The maximum absolute atomic E-state index is 11.6. The SMILES string of the molecule is CC1CCc2c(sc3ncnc(OCC(=O)OC(C)C)c23)C1. The van der Waals surface area contributed by atoms with Gasteiger partial charge in [-0.3, -0.25) is 0 Å². The molecule has 22 heavy (non-hydrogen) atoms. The van der Waals surface area contributed by atoms with Crippen LogP contribution in [0, 0.1) is 5.92 Å². The molecule has 2 aromatic heterocycles. The zero-order chi connectivity index (χ0) is 15.7. The molecule has 1 unspecified atom stereocenters.